The highest BCUT2D eigenvalue weighted by Gasteiger charge is 2.12. The Balaban J connectivity index is 1.65. The van der Waals surface area contributed by atoms with Crippen LogP contribution in [0.25, 0.3) is 0 Å². The molecule has 8 heteroatoms. The van der Waals surface area contributed by atoms with Crippen LogP contribution in [-0.2, 0) is 6.54 Å². The molecule has 0 fully saturated rings. The molecule has 1 amide bonds. The minimum Gasteiger partial charge on any atom is -0.496 e. The van der Waals surface area contributed by atoms with Crippen molar-refractivity contribution in [2.75, 3.05) is 24.9 Å². The van der Waals surface area contributed by atoms with Gasteiger partial charge >= 0.3 is 0 Å². The number of nitrogens with one attached hydrogen (secondary N) is 2. The van der Waals surface area contributed by atoms with Gasteiger partial charge in [-0.3, -0.25) is 4.79 Å². The van der Waals surface area contributed by atoms with E-state index in [0.29, 0.717) is 34.5 Å². The summed E-state index contributed by atoms with van der Waals surface area (Å²) in [6.07, 6.45) is 2.90. The lowest BCUT2D eigenvalue weighted by Gasteiger charge is -2.11. The quantitative estimate of drug-likeness (QED) is 0.625. The van der Waals surface area contributed by atoms with E-state index in [-0.39, 0.29) is 5.91 Å². The van der Waals surface area contributed by atoms with Gasteiger partial charge in [0.2, 0.25) is 5.95 Å². The fourth-order valence-electron chi connectivity index (χ4n) is 2.53. The van der Waals surface area contributed by atoms with Gasteiger partial charge in [-0.25, -0.2) is 9.97 Å². The third kappa shape index (κ3) is 4.69. The van der Waals surface area contributed by atoms with Crippen LogP contribution in [-0.4, -0.2) is 30.1 Å². The SMILES string of the molecule is COc1ccccc1CNc1ncc(C(=O)Nc2cc(Cl)ccc2OC)cn1. The first-order chi connectivity index (χ1) is 13.6. The summed E-state index contributed by atoms with van der Waals surface area (Å²) in [6.45, 7) is 0.495. The first kappa shape index (κ1) is 19.4. The van der Waals surface area contributed by atoms with Crippen LogP contribution in [0.15, 0.2) is 54.9 Å². The third-order valence-electron chi connectivity index (χ3n) is 3.95. The van der Waals surface area contributed by atoms with Crippen LogP contribution >= 0.6 is 11.6 Å². The normalized spacial score (nSPS) is 10.2. The van der Waals surface area contributed by atoms with Gasteiger partial charge in [-0.15, -0.1) is 0 Å². The van der Waals surface area contributed by atoms with Crippen LogP contribution in [0.3, 0.4) is 0 Å². The third-order valence-corrected chi connectivity index (χ3v) is 4.19. The molecule has 1 heterocycles. The van der Waals surface area contributed by atoms with Crippen LogP contribution in [0.5, 0.6) is 11.5 Å². The summed E-state index contributed by atoms with van der Waals surface area (Å²) in [5, 5.41) is 6.34. The molecule has 0 saturated carbocycles. The molecule has 0 saturated heterocycles. The highest BCUT2D eigenvalue weighted by Crippen LogP contribution is 2.28. The maximum atomic E-state index is 12.4. The zero-order chi connectivity index (χ0) is 19.9. The molecule has 0 bridgehead atoms. The number of anilines is 2. The topological polar surface area (TPSA) is 85.4 Å². The molecule has 28 heavy (non-hydrogen) atoms. The minimum atomic E-state index is -0.364. The van der Waals surface area contributed by atoms with E-state index in [1.165, 1.54) is 19.5 Å². The van der Waals surface area contributed by atoms with Crippen molar-refractivity contribution in [2.45, 2.75) is 6.54 Å². The highest BCUT2D eigenvalue weighted by atomic mass is 35.5. The van der Waals surface area contributed by atoms with Crippen molar-refractivity contribution in [1.82, 2.24) is 9.97 Å². The van der Waals surface area contributed by atoms with Crippen LogP contribution in [0.4, 0.5) is 11.6 Å². The van der Waals surface area contributed by atoms with E-state index in [4.69, 9.17) is 21.1 Å². The number of para-hydroxylation sites is 1. The Morgan fingerprint density at radius 1 is 1.04 bits per heavy atom. The molecule has 0 aliphatic heterocycles. The van der Waals surface area contributed by atoms with Crippen molar-refractivity contribution in [3.63, 3.8) is 0 Å². The molecule has 2 N–H and O–H groups in total. The molecule has 0 radical (unpaired) electrons. The highest BCUT2D eigenvalue weighted by molar-refractivity contribution is 6.31. The van der Waals surface area contributed by atoms with Crippen LogP contribution in [0.1, 0.15) is 15.9 Å². The van der Waals surface area contributed by atoms with Crippen molar-refractivity contribution in [1.29, 1.82) is 0 Å². The minimum absolute atomic E-state index is 0.310. The van der Waals surface area contributed by atoms with Gasteiger partial charge in [0, 0.05) is 29.5 Å². The monoisotopic (exact) mass is 398 g/mol. The number of nitrogens with zero attached hydrogens (tertiary/aromatic N) is 2. The van der Waals surface area contributed by atoms with Gasteiger partial charge in [0.15, 0.2) is 0 Å². The molecule has 0 atom stereocenters. The first-order valence-corrected chi connectivity index (χ1v) is 8.81. The van der Waals surface area contributed by atoms with Crippen LogP contribution < -0.4 is 20.1 Å². The van der Waals surface area contributed by atoms with Crippen molar-refractivity contribution in [3.8, 4) is 11.5 Å². The van der Waals surface area contributed by atoms with E-state index in [1.807, 2.05) is 24.3 Å². The second-order valence-electron chi connectivity index (χ2n) is 5.76. The number of methoxy groups -OCH3 is 2. The summed E-state index contributed by atoms with van der Waals surface area (Å²) in [7, 11) is 3.14. The Morgan fingerprint density at radius 2 is 1.75 bits per heavy atom. The smallest absolute Gasteiger partial charge is 0.258 e. The number of carbonyl (C=O) groups is 1. The number of benzene rings is 2. The summed E-state index contributed by atoms with van der Waals surface area (Å²) in [5.74, 6) is 1.33. The van der Waals surface area contributed by atoms with Crippen LogP contribution in [0, 0.1) is 0 Å². The lowest BCUT2D eigenvalue weighted by molar-refractivity contribution is 0.102. The number of ether oxygens (including phenoxy) is 2. The van der Waals surface area contributed by atoms with Gasteiger partial charge in [0.05, 0.1) is 25.5 Å². The molecule has 0 unspecified atom stereocenters. The molecule has 2 aromatic carbocycles. The Bertz CT molecular complexity index is 964. The summed E-state index contributed by atoms with van der Waals surface area (Å²) < 4.78 is 10.5. The lowest BCUT2D eigenvalue weighted by Crippen LogP contribution is -2.14. The largest absolute Gasteiger partial charge is 0.496 e. The Hall–Kier alpha value is -3.32. The predicted molar refractivity (Wildman–Crippen MR) is 108 cm³/mol. The summed E-state index contributed by atoms with van der Waals surface area (Å²) in [5.41, 5.74) is 1.76. The average molecular weight is 399 g/mol. The van der Waals surface area contributed by atoms with Gasteiger partial charge in [-0.1, -0.05) is 29.8 Å². The number of rotatable bonds is 7. The van der Waals surface area contributed by atoms with E-state index >= 15 is 0 Å². The number of hydrogen-bond acceptors (Lipinski definition) is 6. The predicted octanol–water partition coefficient (Wildman–Crippen LogP) is 4.01. The Kier molecular flexibility index (Phi) is 6.29. The fraction of sp³-hybridized carbons (Fsp3) is 0.150. The van der Waals surface area contributed by atoms with Gasteiger partial charge in [0.25, 0.3) is 5.91 Å². The summed E-state index contributed by atoms with van der Waals surface area (Å²) >= 11 is 5.98. The number of amides is 1. The van der Waals surface area contributed by atoms with E-state index in [9.17, 15) is 4.79 Å². The molecular weight excluding hydrogens is 380 g/mol. The molecule has 3 rings (SSSR count). The molecule has 1 aromatic heterocycles. The van der Waals surface area contributed by atoms with Crippen molar-refractivity contribution in [2.24, 2.45) is 0 Å². The Labute approximate surface area is 167 Å². The van der Waals surface area contributed by atoms with Gasteiger partial charge in [0.1, 0.15) is 11.5 Å². The second kappa shape index (κ2) is 9.05. The lowest BCUT2D eigenvalue weighted by atomic mass is 10.2. The first-order valence-electron chi connectivity index (χ1n) is 8.43. The van der Waals surface area contributed by atoms with Crippen molar-refractivity contribution >= 4 is 29.1 Å². The summed E-state index contributed by atoms with van der Waals surface area (Å²) in [4.78, 5) is 20.8. The Morgan fingerprint density at radius 3 is 2.46 bits per heavy atom. The maximum Gasteiger partial charge on any atom is 0.258 e. The van der Waals surface area contributed by atoms with Crippen molar-refractivity contribution in [3.05, 3.63) is 71.0 Å². The standard InChI is InChI=1S/C20H19ClN4O3/c1-27-17-6-4-3-5-13(17)10-22-20-23-11-14(12-24-20)19(26)25-16-9-15(21)7-8-18(16)28-2/h3-9,11-12H,10H2,1-2H3,(H,25,26)(H,22,23,24). The second-order valence-corrected chi connectivity index (χ2v) is 6.20. The molecule has 0 aliphatic carbocycles. The van der Waals surface area contributed by atoms with Gasteiger partial charge in [-0.05, 0) is 24.3 Å². The van der Waals surface area contributed by atoms with Gasteiger partial charge in [-0.2, -0.15) is 0 Å². The number of aromatic nitrogens is 2. The number of hydrogen-bond donors (Lipinski definition) is 2. The molecular formula is C20H19ClN4O3. The molecule has 0 aliphatic rings. The van der Waals surface area contributed by atoms with Crippen molar-refractivity contribution < 1.29 is 14.3 Å². The fourth-order valence-corrected chi connectivity index (χ4v) is 2.70. The molecule has 144 valence electrons. The van der Waals surface area contributed by atoms with Gasteiger partial charge < -0.3 is 20.1 Å². The molecule has 3 aromatic rings. The van der Waals surface area contributed by atoms with E-state index in [0.717, 1.165) is 11.3 Å². The zero-order valence-electron chi connectivity index (χ0n) is 15.4. The van der Waals surface area contributed by atoms with E-state index in [2.05, 4.69) is 20.6 Å². The number of carbonyl (C=O) groups excluding carboxylic acids is 1. The molecule has 7 nitrogen and oxygen atoms in total. The average Bonchev–Trinajstić information content (AvgIpc) is 2.73. The number of halogens is 1. The van der Waals surface area contributed by atoms with Crippen LogP contribution in [0.2, 0.25) is 5.02 Å². The maximum absolute atomic E-state index is 12.4. The van der Waals surface area contributed by atoms with E-state index in [1.54, 1.807) is 25.3 Å². The van der Waals surface area contributed by atoms with E-state index < -0.39 is 0 Å². The molecule has 0 spiro atoms. The zero-order valence-corrected chi connectivity index (χ0v) is 16.2. The summed E-state index contributed by atoms with van der Waals surface area (Å²) in [6, 6.07) is 12.6.